The van der Waals surface area contributed by atoms with Crippen molar-refractivity contribution in [2.24, 2.45) is 0 Å². The van der Waals surface area contributed by atoms with E-state index < -0.39 is 0 Å². The zero-order chi connectivity index (χ0) is 20.7. The van der Waals surface area contributed by atoms with E-state index in [1.54, 1.807) is 0 Å². The number of allylic oxidation sites excluding steroid dienone is 1. The van der Waals surface area contributed by atoms with Gasteiger partial charge in [0, 0.05) is 6.42 Å². The minimum Gasteiger partial charge on any atom is -1.00 e. The molecule has 1 atom stereocenters. The molecule has 1 aliphatic rings. The van der Waals surface area contributed by atoms with Crippen LogP contribution in [-0.2, 0) is 18.5 Å². The van der Waals surface area contributed by atoms with Crippen LogP contribution in [0.15, 0.2) is 36.7 Å². The highest BCUT2D eigenvalue weighted by atomic mass is 79.9. The van der Waals surface area contributed by atoms with Gasteiger partial charge >= 0.3 is 0 Å². The second kappa shape index (κ2) is 12.3. The van der Waals surface area contributed by atoms with Crippen LogP contribution in [0.4, 0.5) is 0 Å². The van der Waals surface area contributed by atoms with Crippen molar-refractivity contribution in [3.8, 4) is 0 Å². The van der Waals surface area contributed by atoms with Crippen LogP contribution in [-0.4, -0.2) is 4.57 Å². The van der Waals surface area contributed by atoms with Crippen LogP contribution in [0.2, 0.25) is 10.3 Å². The first-order valence-electron chi connectivity index (χ1n) is 11.3. The summed E-state index contributed by atoms with van der Waals surface area (Å²) in [6.45, 7) is 5.43. The number of halogens is 3. The van der Waals surface area contributed by atoms with E-state index in [0.717, 1.165) is 25.8 Å². The molecule has 0 aliphatic heterocycles. The monoisotopic (exact) mass is 512 g/mol. The van der Waals surface area contributed by atoms with Crippen molar-refractivity contribution in [1.29, 1.82) is 0 Å². The van der Waals surface area contributed by atoms with Crippen molar-refractivity contribution >= 4 is 29.3 Å². The summed E-state index contributed by atoms with van der Waals surface area (Å²) >= 11 is 13.4. The maximum absolute atomic E-state index is 6.73. The molecular formula is C25H35BrCl2N2. The van der Waals surface area contributed by atoms with E-state index in [-0.39, 0.29) is 22.5 Å². The van der Waals surface area contributed by atoms with Gasteiger partial charge in [-0.1, -0.05) is 82.7 Å². The lowest BCUT2D eigenvalue weighted by molar-refractivity contribution is -0.695. The van der Waals surface area contributed by atoms with Crippen LogP contribution in [0.5, 0.6) is 0 Å². The number of hydrogen-bond acceptors (Lipinski definition) is 0. The summed E-state index contributed by atoms with van der Waals surface area (Å²) in [5.74, 6) is 0. The zero-order valence-corrected chi connectivity index (χ0v) is 21.4. The molecule has 30 heavy (non-hydrogen) atoms. The van der Waals surface area contributed by atoms with E-state index in [9.17, 15) is 0 Å². The summed E-state index contributed by atoms with van der Waals surface area (Å²) in [6.07, 6.45) is 19.1. The van der Waals surface area contributed by atoms with E-state index >= 15 is 0 Å². The third-order valence-electron chi connectivity index (χ3n) is 6.36. The first-order valence-corrected chi connectivity index (χ1v) is 12.1. The summed E-state index contributed by atoms with van der Waals surface area (Å²) in [7, 11) is 0. The van der Waals surface area contributed by atoms with Crippen LogP contribution >= 0.6 is 23.2 Å². The topological polar surface area (TPSA) is 8.81 Å². The van der Waals surface area contributed by atoms with E-state index in [0.29, 0.717) is 10.3 Å². The molecule has 3 rings (SSSR count). The zero-order valence-electron chi connectivity index (χ0n) is 18.3. The van der Waals surface area contributed by atoms with Gasteiger partial charge in [0.2, 0.25) is 6.33 Å². The second-order valence-electron chi connectivity index (χ2n) is 8.40. The smallest absolute Gasteiger partial charge is 0.255 e. The molecule has 0 N–H and O–H groups in total. The van der Waals surface area contributed by atoms with Gasteiger partial charge < -0.3 is 17.0 Å². The largest absolute Gasteiger partial charge is 1.00 e. The average Bonchev–Trinajstić information content (AvgIpc) is 3.04. The van der Waals surface area contributed by atoms with E-state index in [4.69, 9.17) is 23.2 Å². The van der Waals surface area contributed by atoms with Crippen molar-refractivity contribution < 1.29 is 21.5 Å². The molecule has 0 saturated carbocycles. The third kappa shape index (κ3) is 5.93. The maximum atomic E-state index is 6.73. The summed E-state index contributed by atoms with van der Waals surface area (Å²) in [6, 6.07) is 8.61. The molecule has 2 aromatic rings. The summed E-state index contributed by atoms with van der Waals surface area (Å²) in [4.78, 5) is 0. The molecule has 0 fully saturated rings. The molecule has 166 valence electrons. The number of benzene rings is 1. The number of unbranched alkanes of at least 4 members (excludes halogenated alkanes) is 7. The van der Waals surface area contributed by atoms with Gasteiger partial charge in [-0.2, -0.15) is 0 Å². The van der Waals surface area contributed by atoms with Crippen molar-refractivity contribution in [3.05, 3.63) is 58.1 Å². The Balaban J connectivity index is 0.00000320. The van der Waals surface area contributed by atoms with Crippen molar-refractivity contribution in [2.45, 2.75) is 90.1 Å². The molecule has 0 amide bonds. The summed E-state index contributed by atoms with van der Waals surface area (Å²) in [5.41, 5.74) is 2.52. The number of rotatable bonds is 11. The Morgan fingerprint density at radius 1 is 0.967 bits per heavy atom. The fourth-order valence-corrected chi connectivity index (χ4v) is 4.95. The van der Waals surface area contributed by atoms with E-state index in [2.05, 4.69) is 65.7 Å². The molecule has 0 spiro atoms. The lowest BCUT2D eigenvalue weighted by Gasteiger charge is -2.30. The predicted octanol–water partition coefficient (Wildman–Crippen LogP) is 4.60. The molecule has 5 heteroatoms. The maximum Gasteiger partial charge on any atom is 0.255 e. The Bertz CT molecular complexity index is 831. The first-order chi connectivity index (χ1) is 14.1. The lowest BCUT2D eigenvalue weighted by Crippen LogP contribution is -3.00. The molecule has 2 nitrogen and oxygen atoms in total. The van der Waals surface area contributed by atoms with Gasteiger partial charge in [0.25, 0.3) is 10.3 Å². The number of nitrogens with zero attached hydrogens (tertiary/aromatic N) is 2. The Morgan fingerprint density at radius 3 is 2.33 bits per heavy atom. The third-order valence-corrected chi connectivity index (χ3v) is 7.21. The SMILES string of the molecule is CCCCCCCCCC[n+]1cn(C2(CC)C=Cc3ccccc3C2)c(Cl)c1Cl.[Br-]. The van der Waals surface area contributed by atoms with Gasteiger partial charge in [-0.25, -0.2) is 9.13 Å². The molecule has 0 saturated heterocycles. The van der Waals surface area contributed by atoms with Crippen LogP contribution in [0.25, 0.3) is 6.08 Å². The fraction of sp³-hybridized carbons (Fsp3) is 0.560. The van der Waals surface area contributed by atoms with E-state index in [1.807, 2.05) is 0 Å². The highest BCUT2D eigenvalue weighted by Crippen LogP contribution is 2.37. The minimum absolute atomic E-state index is 0. The second-order valence-corrected chi connectivity index (χ2v) is 9.12. The highest BCUT2D eigenvalue weighted by Gasteiger charge is 2.39. The molecule has 1 unspecified atom stereocenters. The van der Waals surface area contributed by atoms with Gasteiger partial charge in [-0.3, -0.25) is 0 Å². The minimum atomic E-state index is -0.153. The fourth-order valence-electron chi connectivity index (χ4n) is 4.41. The molecule has 1 aliphatic carbocycles. The number of fused-ring (bicyclic) bond motifs is 1. The number of imidazole rings is 1. The van der Waals surface area contributed by atoms with Gasteiger partial charge in [0.05, 0.1) is 6.54 Å². The highest BCUT2D eigenvalue weighted by molar-refractivity contribution is 6.39. The predicted molar refractivity (Wildman–Crippen MR) is 125 cm³/mol. The Kier molecular flexibility index (Phi) is 10.5. The van der Waals surface area contributed by atoms with Crippen molar-refractivity contribution in [2.75, 3.05) is 0 Å². The van der Waals surface area contributed by atoms with Gasteiger partial charge in [-0.15, -0.1) is 0 Å². The van der Waals surface area contributed by atoms with Crippen molar-refractivity contribution in [1.82, 2.24) is 4.57 Å². The van der Waals surface area contributed by atoms with Gasteiger partial charge in [-0.05, 0) is 59.7 Å². The summed E-state index contributed by atoms with van der Waals surface area (Å²) in [5, 5.41) is 1.31. The van der Waals surface area contributed by atoms with Gasteiger partial charge in [0.1, 0.15) is 5.54 Å². The summed E-state index contributed by atoms with van der Waals surface area (Å²) < 4.78 is 4.32. The number of hydrogen-bond donors (Lipinski definition) is 0. The molecule has 1 heterocycles. The van der Waals surface area contributed by atoms with Gasteiger partial charge in [0.15, 0.2) is 0 Å². The molecular weight excluding hydrogens is 479 g/mol. The standard InChI is InChI=1S/C25H35Cl2N2.BrH/c1-3-5-6-7-8-9-10-13-18-28-20-29(24(27)23(28)26)25(4-2)17-16-21-14-11-12-15-22(21)19-25;/h11-12,14-17,20H,3-10,13,18-19H2,1-2H3;1H/q+1;/p-1. The molecule has 0 bridgehead atoms. The van der Waals surface area contributed by atoms with Crippen LogP contribution < -0.4 is 21.5 Å². The molecule has 1 aromatic carbocycles. The first kappa shape index (κ1) is 25.5. The number of aromatic nitrogens is 2. The van der Waals surface area contributed by atoms with Crippen molar-refractivity contribution in [3.63, 3.8) is 0 Å². The quantitative estimate of drug-likeness (QED) is 0.306. The lowest BCUT2D eigenvalue weighted by atomic mass is 9.81. The average molecular weight is 514 g/mol. The number of aryl methyl sites for hydroxylation is 1. The van der Waals surface area contributed by atoms with Crippen LogP contribution in [0.3, 0.4) is 0 Å². The Labute approximate surface area is 203 Å². The van der Waals surface area contributed by atoms with E-state index in [1.165, 1.54) is 56.1 Å². The Morgan fingerprint density at radius 2 is 1.63 bits per heavy atom. The van der Waals surface area contributed by atoms with Crippen LogP contribution in [0.1, 0.15) is 82.8 Å². The normalized spacial score (nSPS) is 17.6. The Hall–Kier alpha value is -0.770. The van der Waals surface area contributed by atoms with Crippen LogP contribution in [0, 0.1) is 0 Å². The molecule has 1 aromatic heterocycles. The molecule has 0 radical (unpaired) electrons.